The van der Waals surface area contributed by atoms with E-state index in [1.807, 2.05) is 0 Å². The third-order valence-corrected chi connectivity index (χ3v) is 3.44. The zero-order chi connectivity index (χ0) is 15.7. The Kier molecular flexibility index (Phi) is 4.22. The van der Waals surface area contributed by atoms with E-state index >= 15 is 0 Å². The molecule has 0 radical (unpaired) electrons. The van der Waals surface area contributed by atoms with Crippen LogP contribution in [0.25, 0.3) is 0 Å². The summed E-state index contributed by atoms with van der Waals surface area (Å²) in [4.78, 5) is 12.3. The lowest BCUT2D eigenvalue weighted by Crippen LogP contribution is -2.11. The summed E-state index contributed by atoms with van der Waals surface area (Å²) >= 11 is 2.91. The summed E-state index contributed by atoms with van der Waals surface area (Å²) < 4.78 is 45.9. The second kappa shape index (κ2) is 5.77. The number of hydrogen-bond acceptors (Lipinski definition) is 3. The summed E-state index contributed by atoms with van der Waals surface area (Å²) in [6, 6.07) is 3.94. The van der Waals surface area contributed by atoms with E-state index in [1.165, 1.54) is 7.11 Å². The molecule has 2 N–H and O–H groups in total. The van der Waals surface area contributed by atoms with E-state index in [9.17, 15) is 18.0 Å². The largest absolute Gasteiger partial charge is 0.496 e. The van der Waals surface area contributed by atoms with Crippen molar-refractivity contribution in [1.82, 2.24) is 0 Å². The molecule has 0 aliphatic rings. The number of nitrogen functional groups attached to an aromatic ring is 1. The van der Waals surface area contributed by atoms with Crippen molar-refractivity contribution in [3.05, 3.63) is 57.3 Å². The van der Waals surface area contributed by atoms with Crippen molar-refractivity contribution in [3.8, 4) is 5.75 Å². The Labute approximate surface area is 126 Å². The van der Waals surface area contributed by atoms with E-state index in [4.69, 9.17) is 10.5 Å². The van der Waals surface area contributed by atoms with Crippen LogP contribution in [-0.2, 0) is 0 Å². The number of benzene rings is 2. The molecule has 0 aliphatic heterocycles. The fraction of sp³-hybridized carbons (Fsp3) is 0.0714. The predicted octanol–water partition coefficient (Wildman–Crippen LogP) is 3.69. The van der Waals surface area contributed by atoms with Crippen LogP contribution in [0.5, 0.6) is 5.75 Å². The van der Waals surface area contributed by atoms with Gasteiger partial charge in [0.15, 0.2) is 5.82 Å². The number of hydrogen-bond donors (Lipinski definition) is 1. The van der Waals surface area contributed by atoms with Gasteiger partial charge >= 0.3 is 0 Å². The van der Waals surface area contributed by atoms with E-state index in [0.717, 1.165) is 24.3 Å². The van der Waals surface area contributed by atoms with Crippen molar-refractivity contribution >= 4 is 27.4 Å². The quantitative estimate of drug-likeness (QED) is 0.671. The van der Waals surface area contributed by atoms with Crippen LogP contribution in [0, 0.1) is 17.5 Å². The topological polar surface area (TPSA) is 52.3 Å². The van der Waals surface area contributed by atoms with E-state index in [2.05, 4.69) is 15.9 Å². The lowest BCUT2D eigenvalue weighted by molar-refractivity contribution is 0.102. The number of halogens is 4. The van der Waals surface area contributed by atoms with Crippen molar-refractivity contribution in [1.29, 1.82) is 0 Å². The summed E-state index contributed by atoms with van der Waals surface area (Å²) in [7, 11) is 1.21. The molecule has 0 atom stereocenters. The van der Waals surface area contributed by atoms with E-state index < -0.39 is 28.8 Å². The number of carbonyl (C=O) groups is 1. The van der Waals surface area contributed by atoms with Crippen LogP contribution in [0.15, 0.2) is 28.7 Å². The molecule has 0 heterocycles. The molecule has 0 spiro atoms. The zero-order valence-corrected chi connectivity index (χ0v) is 12.3. The summed E-state index contributed by atoms with van der Waals surface area (Å²) in [6.45, 7) is 0. The number of ether oxygens (including phenoxy) is 1. The molecule has 2 aromatic carbocycles. The van der Waals surface area contributed by atoms with Crippen LogP contribution in [-0.4, -0.2) is 12.9 Å². The second-order valence-electron chi connectivity index (χ2n) is 4.12. The number of carbonyl (C=O) groups excluding carboxylic acids is 1. The van der Waals surface area contributed by atoms with Gasteiger partial charge in [0.1, 0.15) is 17.4 Å². The Balaban J connectivity index is 2.66. The van der Waals surface area contributed by atoms with Crippen molar-refractivity contribution in [2.75, 3.05) is 12.8 Å². The van der Waals surface area contributed by atoms with Gasteiger partial charge in [-0.1, -0.05) is 0 Å². The number of nitrogens with two attached hydrogens (primary N) is 1. The first-order chi connectivity index (χ1) is 9.86. The van der Waals surface area contributed by atoms with Gasteiger partial charge < -0.3 is 10.5 Å². The normalized spacial score (nSPS) is 10.5. The number of rotatable bonds is 3. The zero-order valence-electron chi connectivity index (χ0n) is 10.7. The van der Waals surface area contributed by atoms with E-state index in [-0.39, 0.29) is 21.5 Å². The van der Waals surface area contributed by atoms with Crippen LogP contribution in [0.1, 0.15) is 15.9 Å². The maximum absolute atomic E-state index is 13.9. The molecule has 21 heavy (non-hydrogen) atoms. The van der Waals surface area contributed by atoms with Crippen LogP contribution in [0.3, 0.4) is 0 Å². The highest BCUT2D eigenvalue weighted by molar-refractivity contribution is 9.10. The van der Waals surface area contributed by atoms with Gasteiger partial charge in [0.05, 0.1) is 28.4 Å². The second-order valence-corrected chi connectivity index (χ2v) is 4.98. The molecule has 0 fully saturated rings. The van der Waals surface area contributed by atoms with Crippen LogP contribution in [0.2, 0.25) is 0 Å². The summed E-state index contributed by atoms with van der Waals surface area (Å²) in [6.07, 6.45) is 0. The number of anilines is 1. The summed E-state index contributed by atoms with van der Waals surface area (Å²) in [5.41, 5.74) is 3.98. The Morgan fingerprint density at radius 2 is 1.86 bits per heavy atom. The molecular weight excluding hydrogens is 351 g/mol. The van der Waals surface area contributed by atoms with Gasteiger partial charge in [-0.15, -0.1) is 0 Å². The van der Waals surface area contributed by atoms with E-state index in [1.54, 1.807) is 0 Å². The highest BCUT2D eigenvalue weighted by Gasteiger charge is 2.24. The van der Waals surface area contributed by atoms with Crippen LogP contribution < -0.4 is 10.5 Å². The molecule has 0 aromatic heterocycles. The Bertz CT molecular complexity index is 735. The third kappa shape index (κ3) is 2.73. The Hall–Kier alpha value is -2.02. The first kappa shape index (κ1) is 15.4. The lowest BCUT2D eigenvalue weighted by atomic mass is 10.0. The van der Waals surface area contributed by atoms with Crippen molar-refractivity contribution < 1.29 is 22.7 Å². The molecule has 0 unspecified atom stereocenters. The molecule has 3 nitrogen and oxygen atoms in total. The average Bonchev–Trinajstić information content (AvgIpc) is 2.45. The molecule has 0 bridgehead atoms. The monoisotopic (exact) mass is 359 g/mol. The first-order valence-electron chi connectivity index (χ1n) is 5.68. The minimum atomic E-state index is -1.16. The summed E-state index contributed by atoms with van der Waals surface area (Å²) in [5, 5.41) is 0. The summed E-state index contributed by atoms with van der Waals surface area (Å²) in [5.74, 6) is -4.02. The number of ketones is 1. The smallest absolute Gasteiger partial charge is 0.202 e. The SMILES string of the molecule is COc1cc(F)c(Br)cc1C(=O)c1c(F)ccc(N)c1F. The predicted molar refractivity (Wildman–Crippen MR) is 74.9 cm³/mol. The molecule has 0 saturated carbocycles. The first-order valence-corrected chi connectivity index (χ1v) is 6.47. The molecular formula is C14H9BrF3NO2. The van der Waals surface area contributed by atoms with Crippen LogP contribution in [0.4, 0.5) is 18.9 Å². The molecule has 7 heteroatoms. The maximum atomic E-state index is 13.9. The lowest BCUT2D eigenvalue weighted by Gasteiger charge is -2.11. The minimum absolute atomic E-state index is 0.0311. The van der Waals surface area contributed by atoms with Crippen LogP contribution >= 0.6 is 15.9 Å². The standard InChI is InChI=1S/C14H9BrF3NO2/c1-21-11-5-9(17)7(15)4-6(11)14(20)12-8(16)2-3-10(19)13(12)18/h2-5H,19H2,1H3. The molecule has 0 aliphatic carbocycles. The van der Waals surface area contributed by atoms with Gasteiger partial charge in [0.25, 0.3) is 0 Å². The van der Waals surface area contributed by atoms with Crippen molar-refractivity contribution in [3.63, 3.8) is 0 Å². The van der Waals surface area contributed by atoms with Crippen molar-refractivity contribution in [2.24, 2.45) is 0 Å². The molecule has 110 valence electrons. The molecule has 2 aromatic rings. The van der Waals surface area contributed by atoms with Gasteiger partial charge in [-0.05, 0) is 34.1 Å². The Morgan fingerprint density at radius 1 is 1.19 bits per heavy atom. The highest BCUT2D eigenvalue weighted by Crippen LogP contribution is 2.30. The highest BCUT2D eigenvalue weighted by atomic mass is 79.9. The number of methoxy groups -OCH3 is 1. The average molecular weight is 360 g/mol. The molecule has 2 rings (SSSR count). The fourth-order valence-corrected chi connectivity index (χ4v) is 2.13. The van der Waals surface area contributed by atoms with Gasteiger partial charge in [0.2, 0.25) is 5.78 Å². The van der Waals surface area contributed by atoms with Gasteiger partial charge in [-0.3, -0.25) is 4.79 Å². The van der Waals surface area contributed by atoms with Crippen molar-refractivity contribution in [2.45, 2.75) is 0 Å². The minimum Gasteiger partial charge on any atom is -0.496 e. The van der Waals surface area contributed by atoms with E-state index in [0.29, 0.717) is 0 Å². The molecule has 0 saturated heterocycles. The fourth-order valence-electron chi connectivity index (χ4n) is 1.79. The maximum Gasteiger partial charge on any atom is 0.202 e. The molecule has 0 amide bonds. The third-order valence-electron chi connectivity index (χ3n) is 2.84. The van der Waals surface area contributed by atoms with Gasteiger partial charge in [-0.2, -0.15) is 0 Å². The van der Waals surface area contributed by atoms with Gasteiger partial charge in [-0.25, -0.2) is 13.2 Å². The Morgan fingerprint density at radius 3 is 2.48 bits per heavy atom. The van der Waals surface area contributed by atoms with Gasteiger partial charge in [0, 0.05) is 6.07 Å².